The second-order valence-electron chi connectivity index (χ2n) is 10.5. The molecular weight excluding hydrogens is 476 g/mol. The van der Waals surface area contributed by atoms with Gasteiger partial charge in [0, 0.05) is 39.2 Å². The van der Waals surface area contributed by atoms with Crippen molar-refractivity contribution in [3.8, 4) is 11.3 Å². The summed E-state index contributed by atoms with van der Waals surface area (Å²) >= 11 is 1.47. The first-order chi connectivity index (χ1) is 16.8. The van der Waals surface area contributed by atoms with Gasteiger partial charge in [0.1, 0.15) is 11.7 Å². The van der Waals surface area contributed by atoms with Gasteiger partial charge >= 0.3 is 0 Å². The van der Waals surface area contributed by atoms with E-state index in [2.05, 4.69) is 54.8 Å². The molecule has 0 atom stereocenters. The Bertz CT molecular complexity index is 1280. The van der Waals surface area contributed by atoms with Crippen LogP contribution in [0.3, 0.4) is 0 Å². The highest BCUT2D eigenvalue weighted by atomic mass is 32.1. The predicted molar refractivity (Wildman–Crippen MR) is 143 cm³/mol. The fraction of sp³-hybridized carbons (Fsp3) is 0.500. The minimum Gasteiger partial charge on any atom is -0.360 e. The molecule has 5 rings (SSSR count). The van der Waals surface area contributed by atoms with Crippen LogP contribution in [-0.2, 0) is 18.0 Å². The summed E-state index contributed by atoms with van der Waals surface area (Å²) in [5, 5.41) is 8.92. The van der Waals surface area contributed by atoms with E-state index in [-0.39, 0.29) is 0 Å². The molecule has 0 saturated carbocycles. The van der Waals surface area contributed by atoms with Crippen molar-refractivity contribution in [2.45, 2.75) is 58.7 Å². The molecule has 4 aromatic heterocycles. The fourth-order valence-corrected chi connectivity index (χ4v) is 5.65. The van der Waals surface area contributed by atoms with Crippen LogP contribution in [0.5, 0.6) is 0 Å². The standard InChI is InChI=1S/C24H34N8OSSi/c1-18-14-32-21(19-12-26-31(15-19)17-33-9-10-35(2,3)4)13-25-24(32)23(27-18)28-22-11-20(29-34-22)16-30-7-5-6-8-30/h11-15H,5-10,16-17H2,1-4H3,(H,27,28). The molecule has 5 heterocycles. The highest BCUT2D eigenvalue weighted by molar-refractivity contribution is 7.10. The first-order valence-corrected chi connectivity index (χ1v) is 16.7. The summed E-state index contributed by atoms with van der Waals surface area (Å²) in [5.41, 5.74) is 4.75. The number of aryl methyl sites for hydroxylation is 1. The maximum absolute atomic E-state index is 5.85. The second kappa shape index (κ2) is 10.2. The number of anilines is 2. The molecule has 1 fully saturated rings. The number of aromatic nitrogens is 6. The molecule has 0 bridgehead atoms. The van der Waals surface area contributed by atoms with Crippen LogP contribution in [0.15, 0.2) is 30.9 Å². The van der Waals surface area contributed by atoms with Gasteiger partial charge in [-0.15, -0.1) is 0 Å². The van der Waals surface area contributed by atoms with Crippen LogP contribution in [0.4, 0.5) is 10.8 Å². The monoisotopic (exact) mass is 510 g/mol. The average Bonchev–Trinajstić information content (AvgIpc) is 3.59. The number of hydrogen-bond acceptors (Lipinski definition) is 8. The number of fused-ring (bicyclic) bond motifs is 1. The van der Waals surface area contributed by atoms with Gasteiger partial charge < -0.3 is 10.1 Å². The molecule has 1 aliphatic heterocycles. The van der Waals surface area contributed by atoms with Gasteiger partial charge in [-0.1, -0.05) is 19.6 Å². The molecule has 0 unspecified atom stereocenters. The third kappa shape index (κ3) is 5.97. The number of ether oxygens (including phenoxy) is 1. The van der Waals surface area contributed by atoms with Gasteiger partial charge in [0.25, 0.3) is 0 Å². The first kappa shape index (κ1) is 24.1. The van der Waals surface area contributed by atoms with Gasteiger partial charge in [-0.25, -0.2) is 14.6 Å². The van der Waals surface area contributed by atoms with E-state index in [1.807, 2.05) is 36.4 Å². The van der Waals surface area contributed by atoms with Crippen molar-refractivity contribution in [3.05, 3.63) is 42.2 Å². The third-order valence-corrected chi connectivity index (χ3v) is 8.59. The summed E-state index contributed by atoms with van der Waals surface area (Å²) in [5.74, 6) is 0.731. The summed E-state index contributed by atoms with van der Waals surface area (Å²) < 4.78 is 14.4. The van der Waals surface area contributed by atoms with E-state index in [1.54, 1.807) is 0 Å². The number of nitrogens with zero attached hydrogens (tertiary/aromatic N) is 7. The number of likely N-dealkylation sites (tertiary alicyclic amines) is 1. The van der Waals surface area contributed by atoms with E-state index in [1.165, 1.54) is 37.5 Å². The summed E-state index contributed by atoms with van der Waals surface area (Å²) in [7, 11) is -1.09. The van der Waals surface area contributed by atoms with Crippen molar-refractivity contribution in [1.82, 2.24) is 33.4 Å². The minimum atomic E-state index is -1.09. The lowest BCUT2D eigenvalue weighted by molar-refractivity contribution is 0.0786. The summed E-state index contributed by atoms with van der Waals surface area (Å²) in [6.45, 7) is 13.5. The van der Waals surface area contributed by atoms with Gasteiger partial charge in [-0.3, -0.25) is 9.30 Å². The van der Waals surface area contributed by atoms with Crippen molar-refractivity contribution >= 4 is 36.1 Å². The number of imidazole rings is 1. The van der Waals surface area contributed by atoms with Gasteiger partial charge in [0.05, 0.1) is 29.5 Å². The number of nitrogens with one attached hydrogen (secondary N) is 1. The van der Waals surface area contributed by atoms with E-state index < -0.39 is 8.07 Å². The van der Waals surface area contributed by atoms with Gasteiger partial charge in [-0.05, 0) is 56.5 Å². The van der Waals surface area contributed by atoms with Crippen molar-refractivity contribution in [1.29, 1.82) is 0 Å². The van der Waals surface area contributed by atoms with Crippen LogP contribution in [-0.4, -0.2) is 61.2 Å². The fourth-order valence-electron chi connectivity index (χ4n) is 4.24. The van der Waals surface area contributed by atoms with Crippen molar-refractivity contribution in [3.63, 3.8) is 0 Å². The molecule has 1 N–H and O–H groups in total. The maximum Gasteiger partial charge on any atom is 0.180 e. The normalized spacial score (nSPS) is 14.9. The van der Waals surface area contributed by atoms with E-state index in [4.69, 9.17) is 9.72 Å². The first-order valence-electron chi connectivity index (χ1n) is 12.2. The largest absolute Gasteiger partial charge is 0.360 e. The molecule has 0 amide bonds. The highest BCUT2D eigenvalue weighted by Gasteiger charge is 2.17. The average molecular weight is 511 g/mol. The molecule has 0 aromatic carbocycles. The van der Waals surface area contributed by atoms with E-state index in [0.717, 1.165) is 58.3 Å². The molecular formula is C24H34N8OSSi. The quantitative estimate of drug-likeness (QED) is 0.237. The Morgan fingerprint density at radius 1 is 1.14 bits per heavy atom. The molecule has 186 valence electrons. The van der Waals surface area contributed by atoms with Crippen LogP contribution < -0.4 is 5.32 Å². The summed E-state index contributed by atoms with van der Waals surface area (Å²) in [6, 6.07) is 3.27. The Morgan fingerprint density at radius 3 is 2.77 bits per heavy atom. The van der Waals surface area contributed by atoms with Crippen LogP contribution in [0.1, 0.15) is 24.2 Å². The number of rotatable bonds is 10. The van der Waals surface area contributed by atoms with Crippen molar-refractivity contribution < 1.29 is 4.74 Å². The van der Waals surface area contributed by atoms with Crippen LogP contribution in [0, 0.1) is 6.92 Å². The number of hydrogen-bond donors (Lipinski definition) is 1. The molecule has 0 spiro atoms. The van der Waals surface area contributed by atoms with E-state index in [9.17, 15) is 0 Å². The van der Waals surface area contributed by atoms with Crippen LogP contribution in [0.2, 0.25) is 25.7 Å². The molecule has 11 heteroatoms. The van der Waals surface area contributed by atoms with Gasteiger partial charge in [-0.2, -0.15) is 9.47 Å². The lowest BCUT2D eigenvalue weighted by Gasteiger charge is -2.15. The Hall–Kier alpha value is -2.60. The molecule has 9 nitrogen and oxygen atoms in total. The molecule has 1 aliphatic rings. The summed E-state index contributed by atoms with van der Waals surface area (Å²) in [6.07, 6.45) is 10.3. The molecule has 0 radical (unpaired) electrons. The third-order valence-electron chi connectivity index (χ3n) is 6.15. The minimum absolute atomic E-state index is 0.458. The summed E-state index contributed by atoms with van der Waals surface area (Å²) in [4.78, 5) is 11.9. The smallest absolute Gasteiger partial charge is 0.180 e. The van der Waals surface area contributed by atoms with Crippen LogP contribution in [0.25, 0.3) is 16.9 Å². The predicted octanol–water partition coefficient (Wildman–Crippen LogP) is 5.01. The highest BCUT2D eigenvalue weighted by Crippen LogP contribution is 2.28. The zero-order valence-electron chi connectivity index (χ0n) is 21.0. The van der Waals surface area contributed by atoms with Gasteiger partial charge in [0.15, 0.2) is 11.5 Å². The topological polar surface area (TPSA) is 85.4 Å². The Labute approximate surface area is 211 Å². The van der Waals surface area contributed by atoms with Gasteiger partial charge in [0.2, 0.25) is 0 Å². The molecule has 1 saturated heterocycles. The van der Waals surface area contributed by atoms with E-state index in [0.29, 0.717) is 6.73 Å². The Morgan fingerprint density at radius 2 is 1.97 bits per heavy atom. The van der Waals surface area contributed by atoms with Crippen molar-refractivity contribution in [2.24, 2.45) is 0 Å². The van der Waals surface area contributed by atoms with Crippen molar-refractivity contribution in [2.75, 3.05) is 25.0 Å². The zero-order valence-corrected chi connectivity index (χ0v) is 22.8. The Balaban J connectivity index is 1.30. The zero-order chi connectivity index (χ0) is 24.4. The molecule has 4 aromatic rings. The lowest BCUT2D eigenvalue weighted by atomic mass is 10.3. The molecule has 35 heavy (non-hydrogen) atoms. The second-order valence-corrected chi connectivity index (χ2v) is 16.9. The van der Waals surface area contributed by atoms with E-state index >= 15 is 0 Å². The SMILES string of the molecule is Cc1cn2c(-c3cnn(COCC[Si](C)(C)C)c3)cnc2c(Nc2cc(CN3CCCC3)ns2)n1. The van der Waals surface area contributed by atoms with Crippen LogP contribution >= 0.6 is 11.5 Å². The maximum atomic E-state index is 5.85. The molecule has 0 aliphatic carbocycles. The Kier molecular flexibility index (Phi) is 7.01. The lowest BCUT2D eigenvalue weighted by Crippen LogP contribution is -2.22.